The zero-order valence-electron chi connectivity index (χ0n) is 11.1. The maximum atomic E-state index is 12.3. The van der Waals surface area contributed by atoms with Crippen LogP contribution in [-0.2, 0) is 0 Å². The highest BCUT2D eigenvalue weighted by Crippen LogP contribution is 2.41. The molecule has 1 aliphatic rings. The Morgan fingerprint density at radius 3 is 2.41 bits per heavy atom. The van der Waals surface area contributed by atoms with Gasteiger partial charge in [0.25, 0.3) is 5.91 Å². The van der Waals surface area contributed by atoms with Crippen molar-refractivity contribution in [2.75, 3.05) is 0 Å². The quantitative estimate of drug-likeness (QED) is 0.768. The van der Waals surface area contributed by atoms with Crippen molar-refractivity contribution in [1.82, 2.24) is 10.3 Å². The van der Waals surface area contributed by atoms with E-state index in [0.29, 0.717) is 5.92 Å². The monoisotopic (exact) mass is 374 g/mol. The molecule has 0 radical (unpaired) electrons. The standard InChI is InChI=1S/C15H10Cl4N2O/c16-10-11(17)13(21-14(19)12(10)18)15(22)20-9-6-8(9)7-4-2-1-3-5-7/h1-5,8-9H,6H2,(H,20,22)/t8-,9+/m0/s1. The SMILES string of the molecule is O=C(N[C@@H]1C[C@H]1c1ccccc1)c1nc(Cl)c(Cl)c(Cl)c1Cl. The Morgan fingerprint density at radius 1 is 1.05 bits per heavy atom. The van der Waals surface area contributed by atoms with E-state index in [-0.39, 0.29) is 32.0 Å². The molecule has 3 nitrogen and oxygen atoms in total. The number of rotatable bonds is 3. The fourth-order valence-electron chi connectivity index (χ4n) is 2.30. The normalized spacial score (nSPS) is 19.8. The van der Waals surface area contributed by atoms with Crippen LogP contribution in [0.2, 0.25) is 20.2 Å². The minimum Gasteiger partial charge on any atom is -0.347 e. The second-order valence-corrected chi connectivity index (χ2v) is 6.52. The van der Waals surface area contributed by atoms with Gasteiger partial charge in [0, 0.05) is 12.0 Å². The summed E-state index contributed by atoms with van der Waals surface area (Å²) in [6.07, 6.45) is 0.877. The first-order valence-corrected chi connectivity index (χ1v) is 8.06. The number of nitrogens with one attached hydrogen (secondary N) is 1. The molecule has 2 atom stereocenters. The highest BCUT2D eigenvalue weighted by Gasteiger charge is 2.40. The summed E-state index contributed by atoms with van der Waals surface area (Å²) in [5.74, 6) is -0.101. The molecule has 1 amide bonds. The second kappa shape index (κ2) is 6.25. The molecule has 0 bridgehead atoms. The van der Waals surface area contributed by atoms with Gasteiger partial charge in [-0.25, -0.2) is 4.98 Å². The fraction of sp³-hybridized carbons (Fsp3) is 0.200. The largest absolute Gasteiger partial charge is 0.347 e. The van der Waals surface area contributed by atoms with E-state index < -0.39 is 5.91 Å². The zero-order valence-corrected chi connectivity index (χ0v) is 14.1. The van der Waals surface area contributed by atoms with Gasteiger partial charge in [0.05, 0.1) is 15.1 Å². The first-order valence-electron chi connectivity index (χ1n) is 6.55. The lowest BCUT2D eigenvalue weighted by molar-refractivity contribution is 0.0945. The van der Waals surface area contributed by atoms with Crippen LogP contribution in [0.5, 0.6) is 0 Å². The van der Waals surface area contributed by atoms with Crippen molar-refractivity contribution in [1.29, 1.82) is 0 Å². The van der Waals surface area contributed by atoms with Crippen molar-refractivity contribution < 1.29 is 4.79 Å². The zero-order chi connectivity index (χ0) is 15.9. The average Bonchev–Trinajstić information content (AvgIpc) is 3.28. The number of carbonyl (C=O) groups is 1. The number of aromatic nitrogens is 1. The number of amides is 1. The van der Waals surface area contributed by atoms with Gasteiger partial charge in [-0.2, -0.15) is 0 Å². The summed E-state index contributed by atoms with van der Waals surface area (Å²) >= 11 is 23.6. The van der Waals surface area contributed by atoms with E-state index in [9.17, 15) is 4.79 Å². The molecule has 1 saturated carbocycles. The molecule has 7 heteroatoms. The Morgan fingerprint density at radius 2 is 1.73 bits per heavy atom. The maximum absolute atomic E-state index is 12.3. The molecule has 114 valence electrons. The topological polar surface area (TPSA) is 42.0 Å². The van der Waals surface area contributed by atoms with Crippen LogP contribution in [0, 0.1) is 0 Å². The Bertz CT molecular complexity index is 736. The molecular weight excluding hydrogens is 366 g/mol. The smallest absolute Gasteiger partial charge is 0.271 e. The molecule has 1 aliphatic carbocycles. The van der Waals surface area contributed by atoms with Gasteiger partial charge < -0.3 is 5.32 Å². The first-order chi connectivity index (χ1) is 10.5. The van der Waals surface area contributed by atoms with E-state index in [2.05, 4.69) is 10.3 Å². The summed E-state index contributed by atoms with van der Waals surface area (Å²) in [4.78, 5) is 16.2. The molecule has 22 heavy (non-hydrogen) atoms. The Labute approximate surface area is 147 Å². The van der Waals surface area contributed by atoms with E-state index in [1.54, 1.807) is 0 Å². The van der Waals surface area contributed by atoms with Crippen LogP contribution in [0.25, 0.3) is 0 Å². The summed E-state index contributed by atoms with van der Waals surface area (Å²) in [6, 6.07) is 10.0. The summed E-state index contributed by atoms with van der Waals surface area (Å²) in [5.41, 5.74) is 1.18. The van der Waals surface area contributed by atoms with Crippen molar-refractivity contribution in [3.63, 3.8) is 0 Å². The molecule has 1 aromatic heterocycles. The van der Waals surface area contributed by atoms with E-state index >= 15 is 0 Å². The van der Waals surface area contributed by atoms with E-state index in [0.717, 1.165) is 6.42 Å². The number of halogens is 4. The summed E-state index contributed by atoms with van der Waals surface area (Å²) in [5, 5.41) is 2.92. The van der Waals surface area contributed by atoms with Crippen molar-refractivity contribution in [3.05, 3.63) is 61.8 Å². The number of nitrogens with zero attached hydrogens (tertiary/aromatic N) is 1. The number of hydrogen-bond acceptors (Lipinski definition) is 2. The molecule has 0 saturated heterocycles. The van der Waals surface area contributed by atoms with Gasteiger partial charge in [0.2, 0.25) is 0 Å². The summed E-state index contributed by atoms with van der Waals surface area (Å²) in [7, 11) is 0. The van der Waals surface area contributed by atoms with Gasteiger partial charge in [-0.05, 0) is 12.0 Å². The minimum absolute atomic E-state index is 0.00507. The van der Waals surface area contributed by atoms with Crippen LogP contribution in [0.4, 0.5) is 0 Å². The lowest BCUT2D eigenvalue weighted by Gasteiger charge is -2.09. The first kappa shape index (κ1) is 15.9. The lowest BCUT2D eigenvalue weighted by Crippen LogP contribution is -2.28. The van der Waals surface area contributed by atoms with Crippen LogP contribution in [-0.4, -0.2) is 16.9 Å². The average molecular weight is 376 g/mol. The highest BCUT2D eigenvalue weighted by molar-refractivity contribution is 6.52. The molecule has 3 rings (SSSR count). The van der Waals surface area contributed by atoms with Gasteiger partial charge in [-0.1, -0.05) is 76.7 Å². The number of pyridine rings is 1. The molecule has 0 spiro atoms. The van der Waals surface area contributed by atoms with Gasteiger partial charge in [0.1, 0.15) is 10.8 Å². The molecule has 1 aromatic carbocycles. The van der Waals surface area contributed by atoms with Gasteiger partial charge in [-0.15, -0.1) is 0 Å². The van der Waals surface area contributed by atoms with Crippen LogP contribution in [0.15, 0.2) is 30.3 Å². The maximum Gasteiger partial charge on any atom is 0.271 e. The van der Waals surface area contributed by atoms with Crippen molar-refractivity contribution >= 4 is 52.3 Å². The van der Waals surface area contributed by atoms with Crippen molar-refractivity contribution in [3.8, 4) is 0 Å². The minimum atomic E-state index is -0.408. The van der Waals surface area contributed by atoms with Crippen LogP contribution >= 0.6 is 46.4 Å². The third-order valence-electron chi connectivity index (χ3n) is 3.53. The molecular formula is C15H10Cl4N2O. The summed E-state index contributed by atoms with van der Waals surface area (Å²) < 4.78 is 0. The third kappa shape index (κ3) is 3.04. The summed E-state index contributed by atoms with van der Waals surface area (Å²) in [6.45, 7) is 0. The lowest BCUT2D eigenvalue weighted by atomic mass is 10.1. The number of carbonyl (C=O) groups excluding carboxylic acids is 1. The van der Waals surface area contributed by atoms with E-state index in [4.69, 9.17) is 46.4 Å². The number of hydrogen-bond donors (Lipinski definition) is 1. The van der Waals surface area contributed by atoms with Crippen LogP contribution in [0.1, 0.15) is 28.4 Å². The Kier molecular flexibility index (Phi) is 4.51. The molecule has 0 aliphatic heterocycles. The molecule has 1 heterocycles. The Hall–Kier alpha value is -1.000. The second-order valence-electron chi connectivity index (χ2n) is 5.03. The van der Waals surface area contributed by atoms with Gasteiger partial charge in [-0.3, -0.25) is 4.79 Å². The fourth-order valence-corrected chi connectivity index (χ4v) is 3.11. The number of benzene rings is 1. The highest BCUT2D eigenvalue weighted by atomic mass is 35.5. The van der Waals surface area contributed by atoms with Gasteiger partial charge in [0.15, 0.2) is 0 Å². The molecule has 0 unspecified atom stereocenters. The van der Waals surface area contributed by atoms with E-state index in [1.807, 2.05) is 30.3 Å². The van der Waals surface area contributed by atoms with Crippen LogP contribution < -0.4 is 5.32 Å². The molecule has 1 fully saturated rings. The predicted molar refractivity (Wildman–Crippen MR) is 89.3 cm³/mol. The molecule has 1 N–H and O–H groups in total. The van der Waals surface area contributed by atoms with Crippen molar-refractivity contribution in [2.45, 2.75) is 18.4 Å². The molecule has 2 aromatic rings. The predicted octanol–water partition coefficient (Wildman–Crippen LogP) is 4.98. The van der Waals surface area contributed by atoms with Gasteiger partial charge >= 0.3 is 0 Å². The Balaban J connectivity index is 1.75. The van der Waals surface area contributed by atoms with E-state index in [1.165, 1.54) is 5.56 Å². The van der Waals surface area contributed by atoms with Crippen LogP contribution in [0.3, 0.4) is 0 Å². The van der Waals surface area contributed by atoms with Crippen molar-refractivity contribution in [2.24, 2.45) is 0 Å². The third-order valence-corrected chi connectivity index (χ3v) is 5.21.